The van der Waals surface area contributed by atoms with Gasteiger partial charge in [-0.15, -0.1) is 0 Å². The number of piperidine rings is 1. The highest BCUT2D eigenvalue weighted by Crippen LogP contribution is 2.29. The van der Waals surface area contributed by atoms with Gasteiger partial charge < -0.3 is 4.90 Å². The zero-order valence-electron chi connectivity index (χ0n) is 16.7. The van der Waals surface area contributed by atoms with E-state index in [-0.39, 0.29) is 5.91 Å². The van der Waals surface area contributed by atoms with Crippen molar-refractivity contribution in [3.63, 3.8) is 0 Å². The molecule has 5 heteroatoms. The summed E-state index contributed by atoms with van der Waals surface area (Å²) in [5, 5.41) is 0. The van der Waals surface area contributed by atoms with Crippen LogP contribution in [0, 0.1) is 5.92 Å². The third kappa shape index (κ3) is 4.78. The summed E-state index contributed by atoms with van der Waals surface area (Å²) in [5.41, 5.74) is 2.50. The lowest BCUT2D eigenvalue weighted by atomic mass is 9.95. The van der Waals surface area contributed by atoms with Gasteiger partial charge in [0.05, 0.1) is 6.54 Å². The third-order valence-electron chi connectivity index (χ3n) is 5.94. The number of carbonyl (C=O) groups is 1. The van der Waals surface area contributed by atoms with Gasteiger partial charge in [0, 0.05) is 51.2 Å². The molecule has 3 aliphatic rings. The van der Waals surface area contributed by atoms with Crippen LogP contribution in [0.25, 0.3) is 0 Å². The molecule has 0 spiro atoms. The van der Waals surface area contributed by atoms with Crippen LogP contribution >= 0.6 is 0 Å². The molecule has 148 valence electrons. The number of rotatable bonds is 6. The molecule has 4 heterocycles. The van der Waals surface area contributed by atoms with Crippen LogP contribution in [-0.2, 0) is 17.9 Å². The van der Waals surface area contributed by atoms with Crippen LogP contribution in [0.1, 0.15) is 24.0 Å². The van der Waals surface area contributed by atoms with E-state index in [1.165, 1.54) is 12.0 Å². The largest absolute Gasteiger partial charge is 0.337 e. The molecule has 1 amide bonds. The normalized spacial score (nSPS) is 22.4. The van der Waals surface area contributed by atoms with Crippen LogP contribution in [0.4, 0.5) is 0 Å². The number of pyridine rings is 1. The molecule has 2 bridgehead atoms. The minimum atomic E-state index is 0.266. The molecule has 28 heavy (non-hydrogen) atoms. The van der Waals surface area contributed by atoms with Crippen LogP contribution in [0.15, 0.2) is 54.9 Å². The van der Waals surface area contributed by atoms with Crippen molar-refractivity contribution in [2.24, 2.45) is 5.92 Å². The Kier molecular flexibility index (Phi) is 6.03. The van der Waals surface area contributed by atoms with E-state index < -0.39 is 0 Å². The number of benzene rings is 1. The standard InChI is InChI=1S/C23H30N4O/c1-25(13-20-8-5-11-24-12-20)18-23(28)27-16-21-9-10-22(27)17-26(15-21)14-19-6-3-2-4-7-19/h2-8,11-12,21-22H,9-10,13-18H2,1H3/t21-,22+/m0/s1. The number of aromatic nitrogens is 1. The Labute approximate surface area is 168 Å². The summed E-state index contributed by atoms with van der Waals surface area (Å²) in [6, 6.07) is 15.0. The lowest BCUT2D eigenvalue weighted by Gasteiger charge is -2.37. The predicted molar refractivity (Wildman–Crippen MR) is 111 cm³/mol. The molecule has 0 aliphatic carbocycles. The summed E-state index contributed by atoms with van der Waals surface area (Å²) in [7, 11) is 2.02. The maximum atomic E-state index is 13.1. The van der Waals surface area contributed by atoms with Gasteiger partial charge in [-0.05, 0) is 43.0 Å². The van der Waals surface area contributed by atoms with E-state index in [2.05, 4.69) is 56.1 Å². The molecule has 5 rings (SSSR count). The molecule has 0 unspecified atom stereocenters. The van der Waals surface area contributed by atoms with Gasteiger partial charge in [-0.2, -0.15) is 0 Å². The number of amides is 1. The van der Waals surface area contributed by atoms with Crippen LogP contribution in [-0.4, -0.2) is 64.9 Å². The smallest absolute Gasteiger partial charge is 0.237 e. The van der Waals surface area contributed by atoms with Crippen LogP contribution in [0.5, 0.6) is 0 Å². The van der Waals surface area contributed by atoms with Gasteiger partial charge in [-0.3, -0.25) is 19.6 Å². The van der Waals surface area contributed by atoms with Crippen LogP contribution in [0.2, 0.25) is 0 Å². The van der Waals surface area contributed by atoms with Crippen molar-refractivity contribution >= 4 is 5.91 Å². The van der Waals surface area contributed by atoms with Crippen molar-refractivity contribution in [2.45, 2.75) is 32.0 Å². The Hall–Kier alpha value is -2.24. The summed E-state index contributed by atoms with van der Waals surface area (Å²) >= 11 is 0. The number of likely N-dealkylation sites (N-methyl/N-ethyl adjacent to an activating group) is 1. The monoisotopic (exact) mass is 378 g/mol. The molecule has 0 radical (unpaired) electrons. The van der Waals surface area contributed by atoms with Gasteiger partial charge in [0.15, 0.2) is 0 Å². The van der Waals surface area contributed by atoms with Gasteiger partial charge in [0.1, 0.15) is 0 Å². The Bertz CT molecular complexity index is 767. The minimum absolute atomic E-state index is 0.266. The summed E-state index contributed by atoms with van der Waals surface area (Å²) in [6.45, 7) is 5.20. The SMILES string of the molecule is CN(CC(=O)N1C[C@H]2CC[C@@H]1CN(Cc1ccccc1)C2)Cc1cccnc1. The fourth-order valence-corrected chi connectivity index (χ4v) is 4.64. The Morgan fingerprint density at radius 3 is 2.68 bits per heavy atom. The summed E-state index contributed by atoms with van der Waals surface area (Å²) in [4.78, 5) is 24.0. The van der Waals surface area contributed by atoms with Crippen LogP contribution < -0.4 is 0 Å². The summed E-state index contributed by atoms with van der Waals surface area (Å²) < 4.78 is 0. The lowest BCUT2D eigenvalue weighted by Crippen LogP contribution is -2.50. The number of hydrogen-bond acceptors (Lipinski definition) is 4. The Balaban J connectivity index is 1.35. The molecule has 1 aromatic carbocycles. The quantitative estimate of drug-likeness (QED) is 0.775. The second-order valence-corrected chi connectivity index (χ2v) is 8.36. The highest BCUT2D eigenvalue weighted by atomic mass is 16.2. The molecule has 0 saturated carbocycles. The van der Waals surface area contributed by atoms with Gasteiger partial charge in [0.2, 0.25) is 5.91 Å². The minimum Gasteiger partial charge on any atom is -0.337 e. The fourth-order valence-electron chi connectivity index (χ4n) is 4.64. The van der Waals surface area contributed by atoms with Gasteiger partial charge in [-0.25, -0.2) is 0 Å². The average molecular weight is 379 g/mol. The highest BCUT2D eigenvalue weighted by molar-refractivity contribution is 5.78. The summed E-state index contributed by atoms with van der Waals surface area (Å²) in [6.07, 6.45) is 6.03. The lowest BCUT2D eigenvalue weighted by molar-refractivity contribution is -0.136. The van der Waals surface area contributed by atoms with E-state index in [1.54, 1.807) is 6.20 Å². The van der Waals surface area contributed by atoms with E-state index in [0.29, 0.717) is 18.5 Å². The molecule has 2 atom stereocenters. The molecule has 3 saturated heterocycles. The molecular formula is C23H30N4O. The maximum absolute atomic E-state index is 13.1. The first-order chi connectivity index (χ1) is 13.7. The first-order valence-corrected chi connectivity index (χ1v) is 10.3. The molecule has 1 aromatic heterocycles. The first kappa shape index (κ1) is 19.1. The molecular weight excluding hydrogens is 348 g/mol. The zero-order valence-corrected chi connectivity index (χ0v) is 16.7. The number of hydrogen-bond donors (Lipinski definition) is 0. The molecule has 0 N–H and O–H groups in total. The van der Waals surface area contributed by atoms with Crippen molar-refractivity contribution in [3.05, 3.63) is 66.0 Å². The van der Waals surface area contributed by atoms with Gasteiger partial charge >= 0.3 is 0 Å². The van der Waals surface area contributed by atoms with Gasteiger partial charge in [-0.1, -0.05) is 36.4 Å². The Morgan fingerprint density at radius 2 is 1.89 bits per heavy atom. The van der Waals surface area contributed by atoms with Gasteiger partial charge in [0.25, 0.3) is 0 Å². The first-order valence-electron chi connectivity index (χ1n) is 10.3. The van der Waals surface area contributed by atoms with E-state index >= 15 is 0 Å². The van der Waals surface area contributed by atoms with E-state index in [0.717, 1.165) is 44.7 Å². The van der Waals surface area contributed by atoms with Crippen molar-refractivity contribution < 1.29 is 4.79 Å². The summed E-state index contributed by atoms with van der Waals surface area (Å²) in [5.74, 6) is 0.859. The van der Waals surface area contributed by atoms with Crippen molar-refractivity contribution in [2.75, 3.05) is 33.2 Å². The number of fused-ring (bicyclic) bond motifs is 4. The third-order valence-corrected chi connectivity index (χ3v) is 5.94. The van der Waals surface area contributed by atoms with Crippen molar-refractivity contribution in [1.82, 2.24) is 19.7 Å². The Morgan fingerprint density at radius 1 is 1.07 bits per heavy atom. The maximum Gasteiger partial charge on any atom is 0.237 e. The fraction of sp³-hybridized carbons (Fsp3) is 0.478. The second kappa shape index (κ2) is 8.84. The molecule has 3 aliphatic heterocycles. The van der Waals surface area contributed by atoms with Crippen molar-refractivity contribution in [1.29, 1.82) is 0 Å². The number of nitrogens with zero attached hydrogens (tertiary/aromatic N) is 4. The topological polar surface area (TPSA) is 39.7 Å². The molecule has 2 aromatic rings. The van der Waals surface area contributed by atoms with E-state index in [4.69, 9.17) is 0 Å². The molecule has 3 fully saturated rings. The second-order valence-electron chi connectivity index (χ2n) is 8.36. The van der Waals surface area contributed by atoms with E-state index in [1.807, 2.05) is 19.3 Å². The highest BCUT2D eigenvalue weighted by Gasteiger charge is 2.37. The number of carbonyl (C=O) groups excluding carboxylic acids is 1. The zero-order chi connectivity index (χ0) is 19.3. The average Bonchev–Trinajstić information content (AvgIpc) is 3.00. The van der Waals surface area contributed by atoms with E-state index in [9.17, 15) is 4.79 Å². The molecule has 5 nitrogen and oxygen atoms in total. The van der Waals surface area contributed by atoms with Crippen LogP contribution in [0.3, 0.4) is 0 Å². The predicted octanol–water partition coefficient (Wildman–Crippen LogP) is 2.64. The van der Waals surface area contributed by atoms with Crippen molar-refractivity contribution in [3.8, 4) is 0 Å².